The van der Waals surface area contributed by atoms with Crippen LogP contribution in [0.4, 0.5) is 0 Å². The first-order valence-electron chi connectivity index (χ1n) is 6.46. The standard InChI is InChI=1S/C14H16N2O5/c1-9-3-2-4-10(5-9)21-8-13(18)16-7-12(17)15-6-11(16)14(19)20/h2-5,11H,6-8H2,1H3,(H,15,17)(H,19,20). The fourth-order valence-corrected chi connectivity index (χ4v) is 2.06. The molecular formula is C14H16N2O5. The summed E-state index contributed by atoms with van der Waals surface area (Å²) in [6.07, 6.45) is 0. The molecule has 0 radical (unpaired) electrons. The van der Waals surface area contributed by atoms with Crippen LogP contribution in [-0.4, -0.2) is 53.5 Å². The number of ether oxygens (including phenoxy) is 1. The number of piperazine rings is 1. The van der Waals surface area contributed by atoms with E-state index < -0.39 is 17.9 Å². The van der Waals surface area contributed by atoms with Gasteiger partial charge in [0.05, 0.1) is 0 Å². The van der Waals surface area contributed by atoms with E-state index in [0.29, 0.717) is 5.75 Å². The molecule has 0 bridgehead atoms. The van der Waals surface area contributed by atoms with Crippen molar-refractivity contribution in [2.24, 2.45) is 0 Å². The quantitative estimate of drug-likeness (QED) is 0.800. The van der Waals surface area contributed by atoms with Crippen LogP contribution in [0.2, 0.25) is 0 Å². The minimum atomic E-state index is -1.15. The number of carboxylic acid groups (broad SMARTS) is 1. The highest BCUT2D eigenvalue weighted by molar-refractivity contribution is 5.91. The second kappa shape index (κ2) is 6.25. The predicted molar refractivity (Wildman–Crippen MR) is 72.8 cm³/mol. The van der Waals surface area contributed by atoms with Gasteiger partial charge in [0.15, 0.2) is 6.61 Å². The van der Waals surface area contributed by atoms with Crippen LogP contribution in [0.3, 0.4) is 0 Å². The number of hydrogen-bond acceptors (Lipinski definition) is 4. The maximum atomic E-state index is 12.1. The molecule has 0 aromatic heterocycles. The van der Waals surface area contributed by atoms with Crippen LogP contribution in [-0.2, 0) is 14.4 Å². The fourth-order valence-electron chi connectivity index (χ4n) is 2.06. The van der Waals surface area contributed by atoms with Gasteiger partial charge in [-0.3, -0.25) is 9.59 Å². The lowest BCUT2D eigenvalue weighted by Crippen LogP contribution is -2.60. The summed E-state index contributed by atoms with van der Waals surface area (Å²) in [4.78, 5) is 35.5. The van der Waals surface area contributed by atoms with Gasteiger partial charge in [-0.15, -0.1) is 0 Å². The Kier molecular flexibility index (Phi) is 4.42. The van der Waals surface area contributed by atoms with Gasteiger partial charge >= 0.3 is 5.97 Å². The molecule has 7 nitrogen and oxygen atoms in total. The van der Waals surface area contributed by atoms with Crippen molar-refractivity contribution >= 4 is 17.8 Å². The van der Waals surface area contributed by atoms with Crippen LogP contribution < -0.4 is 10.1 Å². The molecule has 0 aliphatic carbocycles. The number of amides is 2. The van der Waals surface area contributed by atoms with Gasteiger partial charge < -0.3 is 20.1 Å². The lowest BCUT2D eigenvalue weighted by Gasteiger charge is -2.32. The summed E-state index contributed by atoms with van der Waals surface area (Å²) < 4.78 is 5.35. The number of carbonyl (C=O) groups excluding carboxylic acids is 2. The van der Waals surface area contributed by atoms with E-state index in [1.165, 1.54) is 0 Å². The first-order chi connectivity index (χ1) is 9.97. The summed E-state index contributed by atoms with van der Waals surface area (Å²) in [5.74, 6) is -1.54. The van der Waals surface area contributed by atoms with Gasteiger partial charge in [-0.2, -0.15) is 0 Å². The lowest BCUT2D eigenvalue weighted by molar-refractivity contribution is -0.154. The molecular weight excluding hydrogens is 276 g/mol. The van der Waals surface area contributed by atoms with Gasteiger partial charge in [0.1, 0.15) is 18.3 Å². The number of rotatable bonds is 4. The molecule has 1 saturated heterocycles. The molecule has 2 N–H and O–H groups in total. The molecule has 1 atom stereocenters. The number of carbonyl (C=O) groups is 3. The number of nitrogens with one attached hydrogen (secondary N) is 1. The molecule has 7 heteroatoms. The average molecular weight is 292 g/mol. The Labute approximate surface area is 121 Å². The van der Waals surface area contributed by atoms with Crippen LogP contribution in [0, 0.1) is 6.92 Å². The van der Waals surface area contributed by atoms with Gasteiger partial charge in [0.2, 0.25) is 5.91 Å². The van der Waals surface area contributed by atoms with Crippen molar-refractivity contribution in [1.82, 2.24) is 10.2 Å². The Morgan fingerprint density at radius 1 is 1.48 bits per heavy atom. The van der Waals surface area contributed by atoms with E-state index in [-0.39, 0.29) is 25.6 Å². The molecule has 1 aromatic rings. The average Bonchev–Trinajstić information content (AvgIpc) is 2.44. The largest absolute Gasteiger partial charge is 0.484 e. The second-order valence-corrected chi connectivity index (χ2v) is 4.78. The smallest absolute Gasteiger partial charge is 0.328 e. The van der Waals surface area contributed by atoms with Crippen molar-refractivity contribution in [2.75, 3.05) is 19.7 Å². The van der Waals surface area contributed by atoms with Crippen molar-refractivity contribution < 1.29 is 24.2 Å². The fraction of sp³-hybridized carbons (Fsp3) is 0.357. The summed E-state index contributed by atoms with van der Waals surface area (Å²) in [5.41, 5.74) is 0.987. The molecule has 1 unspecified atom stereocenters. The third-order valence-corrected chi connectivity index (χ3v) is 3.14. The molecule has 2 amide bonds. The third-order valence-electron chi connectivity index (χ3n) is 3.14. The van der Waals surface area contributed by atoms with Crippen molar-refractivity contribution in [2.45, 2.75) is 13.0 Å². The maximum Gasteiger partial charge on any atom is 0.328 e. The molecule has 21 heavy (non-hydrogen) atoms. The summed E-state index contributed by atoms with van der Waals surface area (Å²) in [7, 11) is 0. The summed E-state index contributed by atoms with van der Waals surface area (Å²) in [6.45, 7) is 1.22. The van der Waals surface area contributed by atoms with E-state index in [4.69, 9.17) is 9.84 Å². The predicted octanol–water partition coefficient (Wildman–Crippen LogP) is -0.215. The highest BCUT2D eigenvalue weighted by Crippen LogP contribution is 2.13. The first-order valence-corrected chi connectivity index (χ1v) is 6.46. The Morgan fingerprint density at radius 2 is 2.24 bits per heavy atom. The summed E-state index contributed by atoms with van der Waals surface area (Å²) in [6, 6.07) is 6.10. The van der Waals surface area contributed by atoms with E-state index in [1.807, 2.05) is 13.0 Å². The van der Waals surface area contributed by atoms with Crippen LogP contribution in [0.1, 0.15) is 5.56 Å². The molecule has 0 saturated carbocycles. The number of nitrogens with zero attached hydrogens (tertiary/aromatic N) is 1. The second-order valence-electron chi connectivity index (χ2n) is 4.78. The first kappa shape index (κ1) is 14.8. The van der Waals surface area contributed by atoms with Crippen molar-refractivity contribution in [3.8, 4) is 5.75 Å². The normalized spacial score (nSPS) is 18.0. The Balaban J connectivity index is 2.00. The Bertz CT molecular complexity index is 572. The van der Waals surface area contributed by atoms with Crippen LogP contribution in [0.25, 0.3) is 0 Å². The molecule has 2 rings (SSSR count). The van der Waals surface area contributed by atoms with Gasteiger partial charge in [-0.05, 0) is 24.6 Å². The lowest BCUT2D eigenvalue weighted by atomic mass is 10.2. The maximum absolute atomic E-state index is 12.1. The van der Waals surface area contributed by atoms with E-state index in [2.05, 4.69) is 5.32 Å². The molecule has 1 fully saturated rings. The Hall–Kier alpha value is -2.57. The zero-order valence-corrected chi connectivity index (χ0v) is 11.5. The highest BCUT2D eigenvalue weighted by atomic mass is 16.5. The highest BCUT2D eigenvalue weighted by Gasteiger charge is 2.35. The van der Waals surface area contributed by atoms with Gasteiger partial charge in [0.25, 0.3) is 5.91 Å². The van der Waals surface area contributed by atoms with E-state index >= 15 is 0 Å². The summed E-state index contributed by atoms with van der Waals surface area (Å²) in [5, 5.41) is 11.5. The zero-order chi connectivity index (χ0) is 15.4. The number of benzene rings is 1. The van der Waals surface area contributed by atoms with E-state index in [0.717, 1.165) is 10.5 Å². The number of carboxylic acids is 1. The van der Waals surface area contributed by atoms with Crippen molar-refractivity contribution in [1.29, 1.82) is 0 Å². The zero-order valence-electron chi connectivity index (χ0n) is 11.5. The number of aryl methyl sites for hydroxylation is 1. The molecule has 1 heterocycles. The topological polar surface area (TPSA) is 95.9 Å². The van der Waals surface area contributed by atoms with Crippen molar-refractivity contribution in [3.63, 3.8) is 0 Å². The minimum Gasteiger partial charge on any atom is -0.484 e. The van der Waals surface area contributed by atoms with Crippen molar-refractivity contribution in [3.05, 3.63) is 29.8 Å². The SMILES string of the molecule is Cc1cccc(OCC(=O)N2CC(=O)NCC2C(=O)O)c1. The molecule has 1 aliphatic heterocycles. The molecule has 1 aromatic carbocycles. The molecule has 1 aliphatic rings. The monoisotopic (exact) mass is 292 g/mol. The number of aliphatic carboxylic acids is 1. The van der Waals surface area contributed by atoms with Gasteiger partial charge in [-0.1, -0.05) is 12.1 Å². The minimum absolute atomic E-state index is 0.0929. The molecule has 0 spiro atoms. The van der Waals surface area contributed by atoms with Crippen LogP contribution in [0.15, 0.2) is 24.3 Å². The van der Waals surface area contributed by atoms with Gasteiger partial charge in [0, 0.05) is 6.54 Å². The van der Waals surface area contributed by atoms with Gasteiger partial charge in [-0.25, -0.2) is 4.79 Å². The van der Waals surface area contributed by atoms with E-state index in [1.54, 1.807) is 18.2 Å². The van der Waals surface area contributed by atoms with Crippen LogP contribution in [0.5, 0.6) is 5.75 Å². The van der Waals surface area contributed by atoms with E-state index in [9.17, 15) is 14.4 Å². The Morgan fingerprint density at radius 3 is 2.90 bits per heavy atom. The third kappa shape index (κ3) is 3.71. The van der Waals surface area contributed by atoms with Crippen LogP contribution >= 0.6 is 0 Å². The number of hydrogen-bond donors (Lipinski definition) is 2. The summed E-state index contributed by atoms with van der Waals surface area (Å²) >= 11 is 0. The molecule has 112 valence electrons.